The summed E-state index contributed by atoms with van der Waals surface area (Å²) in [6.45, 7) is 4.14. The first kappa shape index (κ1) is 15.1. The van der Waals surface area contributed by atoms with Gasteiger partial charge >= 0.3 is 6.03 Å². The predicted octanol–water partition coefficient (Wildman–Crippen LogP) is 3.60. The van der Waals surface area contributed by atoms with E-state index < -0.39 is 5.54 Å². The Labute approximate surface area is 128 Å². The van der Waals surface area contributed by atoms with Crippen LogP contribution in [0.1, 0.15) is 32.3 Å². The van der Waals surface area contributed by atoms with Crippen molar-refractivity contribution in [3.05, 3.63) is 33.8 Å². The molecule has 6 heteroatoms. The molecule has 0 bridgehead atoms. The smallest absolute Gasteiger partial charge is 0.305 e. The second-order valence-corrected chi connectivity index (χ2v) is 5.65. The molecule has 1 aliphatic rings. The van der Waals surface area contributed by atoms with E-state index in [2.05, 4.69) is 5.32 Å². The summed E-state index contributed by atoms with van der Waals surface area (Å²) in [5.74, 6) is -0.229. The standard InChI is InChI=1S/C14H16Cl2N2O2/c1-3-14(4-2)12(19)17-13(20)18(14)8-9-5-6-10(15)11(16)7-9/h5-7H,3-4,8H2,1-2H3,(H,17,19,20). The van der Waals surface area contributed by atoms with Crippen LogP contribution in [0.25, 0.3) is 0 Å². The summed E-state index contributed by atoms with van der Waals surface area (Å²) in [7, 11) is 0. The van der Waals surface area contributed by atoms with Gasteiger partial charge in [0, 0.05) is 6.54 Å². The zero-order valence-corrected chi connectivity index (χ0v) is 12.9. The number of rotatable bonds is 4. The van der Waals surface area contributed by atoms with Crippen LogP contribution >= 0.6 is 23.2 Å². The fraction of sp³-hybridized carbons (Fsp3) is 0.429. The molecule has 1 N–H and O–H groups in total. The van der Waals surface area contributed by atoms with E-state index in [1.807, 2.05) is 13.8 Å². The summed E-state index contributed by atoms with van der Waals surface area (Å²) in [5.41, 5.74) is 0.0685. The van der Waals surface area contributed by atoms with Crippen molar-refractivity contribution in [1.29, 1.82) is 0 Å². The van der Waals surface area contributed by atoms with Crippen molar-refractivity contribution in [1.82, 2.24) is 10.2 Å². The van der Waals surface area contributed by atoms with Crippen molar-refractivity contribution in [2.45, 2.75) is 38.8 Å². The Balaban J connectivity index is 2.32. The van der Waals surface area contributed by atoms with Crippen molar-refractivity contribution in [3.63, 3.8) is 0 Å². The number of benzene rings is 1. The molecule has 0 atom stereocenters. The van der Waals surface area contributed by atoms with Crippen molar-refractivity contribution >= 4 is 35.1 Å². The molecule has 108 valence electrons. The first-order valence-corrected chi connectivity index (χ1v) is 7.27. The van der Waals surface area contributed by atoms with Gasteiger partial charge in [0.05, 0.1) is 10.0 Å². The molecule has 1 saturated heterocycles. The third kappa shape index (κ3) is 2.38. The summed E-state index contributed by atoms with van der Waals surface area (Å²) >= 11 is 11.9. The lowest BCUT2D eigenvalue weighted by molar-refractivity contribution is -0.127. The van der Waals surface area contributed by atoms with Crippen LogP contribution in [-0.4, -0.2) is 22.4 Å². The molecule has 0 radical (unpaired) electrons. The maximum Gasteiger partial charge on any atom is 0.325 e. The van der Waals surface area contributed by atoms with Gasteiger partial charge in [0.2, 0.25) is 0 Å². The number of nitrogens with one attached hydrogen (secondary N) is 1. The predicted molar refractivity (Wildman–Crippen MR) is 78.9 cm³/mol. The molecular weight excluding hydrogens is 299 g/mol. The highest BCUT2D eigenvalue weighted by Gasteiger charge is 2.50. The van der Waals surface area contributed by atoms with Gasteiger partial charge in [-0.15, -0.1) is 0 Å². The second kappa shape index (κ2) is 5.62. The molecule has 0 aromatic heterocycles. The number of amides is 3. The molecule has 20 heavy (non-hydrogen) atoms. The van der Waals surface area contributed by atoms with Crippen LogP contribution in [0.3, 0.4) is 0 Å². The fourth-order valence-electron chi connectivity index (χ4n) is 2.59. The molecular formula is C14H16Cl2N2O2. The monoisotopic (exact) mass is 314 g/mol. The van der Waals surface area contributed by atoms with E-state index >= 15 is 0 Å². The first-order chi connectivity index (χ1) is 9.44. The molecule has 4 nitrogen and oxygen atoms in total. The van der Waals surface area contributed by atoms with E-state index in [4.69, 9.17) is 23.2 Å². The van der Waals surface area contributed by atoms with Crippen LogP contribution in [0.15, 0.2) is 18.2 Å². The number of hydrogen-bond donors (Lipinski definition) is 1. The molecule has 0 aliphatic carbocycles. The average Bonchev–Trinajstić information content (AvgIpc) is 2.65. The zero-order chi connectivity index (χ0) is 14.9. The third-order valence-electron chi connectivity index (χ3n) is 3.90. The van der Waals surface area contributed by atoms with Gasteiger partial charge in [0.15, 0.2) is 0 Å². The molecule has 0 saturated carbocycles. The van der Waals surface area contributed by atoms with Gasteiger partial charge in [-0.25, -0.2) is 4.79 Å². The molecule has 1 fully saturated rings. The number of urea groups is 1. The summed E-state index contributed by atoms with van der Waals surface area (Å²) in [5, 5.41) is 3.30. The van der Waals surface area contributed by atoms with Crippen molar-refractivity contribution in [2.75, 3.05) is 0 Å². The Morgan fingerprint density at radius 3 is 2.35 bits per heavy atom. The van der Waals surface area contributed by atoms with Crippen LogP contribution in [0.2, 0.25) is 10.0 Å². The number of carbonyl (C=O) groups excluding carboxylic acids is 2. The molecule has 1 aromatic carbocycles. The molecule has 1 heterocycles. The van der Waals surface area contributed by atoms with E-state index in [1.54, 1.807) is 23.1 Å². The van der Waals surface area contributed by atoms with Gasteiger partial charge in [-0.3, -0.25) is 10.1 Å². The van der Waals surface area contributed by atoms with Crippen LogP contribution in [0.4, 0.5) is 4.79 Å². The summed E-state index contributed by atoms with van der Waals surface area (Å²) < 4.78 is 0. The Kier molecular flexibility index (Phi) is 4.25. The minimum atomic E-state index is -0.775. The second-order valence-electron chi connectivity index (χ2n) is 4.83. The van der Waals surface area contributed by atoms with Crippen LogP contribution in [0.5, 0.6) is 0 Å². The first-order valence-electron chi connectivity index (χ1n) is 6.51. The SMILES string of the molecule is CCC1(CC)C(=O)NC(=O)N1Cc1ccc(Cl)c(Cl)c1. The summed E-state index contributed by atoms with van der Waals surface area (Å²) in [6.07, 6.45) is 1.14. The third-order valence-corrected chi connectivity index (χ3v) is 4.64. The minimum absolute atomic E-state index is 0.229. The van der Waals surface area contributed by atoms with E-state index in [-0.39, 0.29) is 11.9 Å². The van der Waals surface area contributed by atoms with Gasteiger partial charge < -0.3 is 4.90 Å². The van der Waals surface area contributed by atoms with Gasteiger partial charge in [0.25, 0.3) is 5.91 Å². The number of imide groups is 1. The fourth-order valence-corrected chi connectivity index (χ4v) is 2.92. The highest BCUT2D eigenvalue weighted by atomic mass is 35.5. The minimum Gasteiger partial charge on any atom is -0.305 e. The zero-order valence-electron chi connectivity index (χ0n) is 11.4. The maximum absolute atomic E-state index is 12.1. The lowest BCUT2D eigenvalue weighted by Crippen LogP contribution is -2.48. The van der Waals surface area contributed by atoms with Gasteiger partial charge in [0.1, 0.15) is 5.54 Å². The number of halogens is 2. The van der Waals surface area contributed by atoms with Crippen LogP contribution in [-0.2, 0) is 11.3 Å². The highest BCUT2D eigenvalue weighted by molar-refractivity contribution is 6.42. The average molecular weight is 315 g/mol. The van der Waals surface area contributed by atoms with E-state index in [1.165, 1.54) is 0 Å². The molecule has 0 unspecified atom stereocenters. The summed E-state index contributed by atoms with van der Waals surface area (Å²) in [4.78, 5) is 25.7. The topological polar surface area (TPSA) is 49.4 Å². The normalized spacial score (nSPS) is 17.5. The van der Waals surface area contributed by atoms with Crippen LogP contribution in [0, 0.1) is 0 Å². The number of hydrogen-bond acceptors (Lipinski definition) is 2. The molecule has 1 aromatic rings. The molecule has 2 rings (SSSR count). The van der Waals surface area contributed by atoms with E-state index in [0.717, 1.165) is 5.56 Å². The Bertz CT molecular complexity index is 556. The van der Waals surface area contributed by atoms with Crippen LogP contribution < -0.4 is 5.32 Å². The maximum atomic E-state index is 12.1. The lowest BCUT2D eigenvalue weighted by Gasteiger charge is -2.33. The van der Waals surface area contributed by atoms with Crippen molar-refractivity contribution in [3.8, 4) is 0 Å². The molecule has 3 amide bonds. The Hall–Kier alpha value is -1.26. The van der Waals surface area contributed by atoms with Crippen molar-refractivity contribution < 1.29 is 9.59 Å². The van der Waals surface area contributed by atoms with Crippen molar-refractivity contribution in [2.24, 2.45) is 0 Å². The molecule has 1 aliphatic heterocycles. The highest BCUT2D eigenvalue weighted by Crippen LogP contribution is 2.32. The van der Waals surface area contributed by atoms with Gasteiger partial charge in [-0.05, 0) is 30.5 Å². The van der Waals surface area contributed by atoms with Gasteiger partial charge in [-0.1, -0.05) is 43.1 Å². The Morgan fingerprint density at radius 2 is 1.80 bits per heavy atom. The van der Waals surface area contributed by atoms with E-state index in [9.17, 15) is 9.59 Å². The lowest BCUT2D eigenvalue weighted by atomic mass is 9.91. The Morgan fingerprint density at radius 1 is 1.15 bits per heavy atom. The van der Waals surface area contributed by atoms with Gasteiger partial charge in [-0.2, -0.15) is 0 Å². The quantitative estimate of drug-likeness (QED) is 0.863. The van der Waals surface area contributed by atoms with E-state index in [0.29, 0.717) is 29.4 Å². The molecule has 0 spiro atoms. The summed E-state index contributed by atoms with van der Waals surface area (Å²) in [6, 6.07) is 4.86. The number of nitrogens with zero attached hydrogens (tertiary/aromatic N) is 1. The largest absolute Gasteiger partial charge is 0.325 e. The number of carbonyl (C=O) groups is 2.